The molecule has 1 fully saturated rings. The van der Waals surface area contributed by atoms with Crippen molar-refractivity contribution in [3.63, 3.8) is 0 Å². The highest BCUT2D eigenvalue weighted by atomic mass is 16.7. The van der Waals surface area contributed by atoms with Crippen LogP contribution in [-0.4, -0.2) is 25.1 Å². The lowest BCUT2D eigenvalue weighted by Crippen LogP contribution is -2.46. The van der Waals surface area contributed by atoms with Gasteiger partial charge in [0.05, 0.1) is 12.5 Å². The van der Waals surface area contributed by atoms with Gasteiger partial charge in [-0.2, -0.15) is 0 Å². The number of rotatable bonds is 3. The van der Waals surface area contributed by atoms with Crippen LogP contribution in [0.1, 0.15) is 37.7 Å². The van der Waals surface area contributed by atoms with Gasteiger partial charge in [-0.15, -0.1) is 0 Å². The van der Waals surface area contributed by atoms with Crippen molar-refractivity contribution in [1.29, 1.82) is 0 Å². The van der Waals surface area contributed by atoms with Crippen LogP contribution in [0.3, 0.4) is 0 Å². The van der Waals surface area contributed by atoms with Crippen LogP contribution in [-0.2, 0) is 15.0 Å². The standard InChI is InChI=1S/C15H21NO2/c1-16(18-2)14(17)15(11-7-4-8-12-15)13-9-5-3-6-10-13/h3,5-6,9-10H,4,7-8,11-12H2,1-2H3. The molecule has 0 aliphatic heterocycles. The Hall–Kier alpha value is -1.35. The summed E-state index contributed by atoms with van der Waals surface area (Å²) in [7, 11) is 3.24. The number of carbonyl (C=O) groups is 1. The molecule has 98 valence electrons. The van der Waals surface area contributed by atoms with E-state index in [0.717, 1.165) is 31.2 Å². The molecule has 1 amide bonds. The summed E-state index contributed by atoms with van der Waals surface area (Å²) in [5.41, 5.74) is 0.739. The monoisotopic (exact) mass is 247 g/mol. The van der Waals surface area contributed by atoms with E-state index < -0.39 is 0 Å². The van der Waals surface area contributed by atoms with Gasteiger partial charge in [-0.05, 0) is 18.4 Å². The van der Waals surface area contributed by atoms with Crippen LogP contribution in [0.15, 0.2) is 30.3 Å². The average Bonchev–Trinajstić information content (AvgIpc) is 2.47. The maximum absolute atomic E-state index is 12.7. The van der Waals surface area contributed by atoms with Crippen molar-refractivity contribution in [3.05, 3.63) is 35.9 Å². The summed E-state index contributed by atoms with van der Waals surface area (Å²) in [6.07, 6.45) is 5.28. The number of hydroxylamine groups is 2. The Kier molecular flexibility index (Phi) is 4.02. The van der Waals surface area contributed by atoms with Gasteiger partial charge in [0.2, 0.25) is 0 Å². The van der Waals surface area contributed by atoms with E-state index >= 15 is 0 Å². The Morgan fingerprint density at radius 2 is 1.78 bits per heavy atom. The van der Waals surface area contributed by atoms with Crippen molar-refractivity contribution >= 4 is 5.91 Å². The van der Waals surface area contributed by atoms with Crippen LogP contribution in [0.4, 0.5) is 0 Å². The van der Waals surface area contributed by atoms with Gasteiger partial charge in [0, 0.05) is 7.05 Å². The Bertz CT molecular complexity index is 396. The number of nitrogens with zero attached hydrogens (tertiary/aromatic N) is 1. The predicted octanol–water partition coefficient (Wildman–Crippen LogP) is 2.91. The van der Waals surface area contributed by atoms with Crippen molar-refractivity contribution in [1.82, 2.24) is 5.06 Å². The highest BCUT2D eigenvalue weighted by Gasteiger charge is 2.42. The minimum absolute atomic E-state index is 0.0795. The highest BCUT2D eigenvalue weighted by Crippen LogP contribution is 2.40. The molecular formula is C15H21NO2. The second kappa shape index (κ2) is 5.53. The number of benzene rings is 1. The Labute approximate surface area is 109 Å². The molecule has 0 heterocycles. The summed E-state index contributed by atoms with van der Waals surface area (Å²) >= 11 is 0. The van der Waals surface area contributed by atoms with Crippen LogP contribution in [0, 0.1) is 0 Å². The average molecular weight is 247 g/mol. The van der Waals surface area contributed by atoms with Crippen molar-refractivity contribution in [2.45, 2.75) is 37.5 Å². The molecule has 2 rings (SSSR count). The first kappa shape index (κ1) is 13.1. The minimum atomic E-state index is -0.385. The lowest BCUT2D eigenvalue weighted by molar-refractivity contribution is -0.176. The first-order valence-electron chi connectivity index (χ1n) is 6.58. The summed E-state index contributed by atoms with van der Waals surface area (Å²) < 4.78 is 0. The molecule has 3 heteroatoms. The number of hydrogen-bond donors (Lipinski definition) is 0. The zero-order valence-electron chi connectivity index (χ0n) is 11.2. The lowest BCUT2D eigenvalue weighted by Gasteiger charge is -2.38. The van der Waals surface area contributed by atoms with Gasteiger partial charge in [-0.25, -0.2) is 5.06 Å². The van der Waals surface area contributed by atoms with Gasteiger partial charge in [0.25, 0.3) is 5.91 Å². The van der Waals surface area contributed by atoms with Crippen molar-refractivity contribution in [2.24, 2.45) is 0 Å². The summed E-state index contributed by atoms with van der Waals surface area (Å²) in [6, 6.07) is 10.1. The van der Waals surface area contributed by atoms with Gasteiger partial charge in [-0.3, -0.25) is 9.63 Å². The molecule has 1 aromatic rings. The van der Waals surface area contributed by atoms with E-state index in [2.05, 4.69) is 12.1 Å². The molecule has 0 radical (unpaired) electrons. The van der Waals surface area contributed by atoms with Gasteiger partial charge in [-0.1, -0.05) is 49.6 Å². The summed E-state index contributed by atoms with van der Waals surface area (Å²) in [5, 5.41) is 1.37. The smallest absolute Gasteiger partial charge is 0.256 e. The number of hydrogen-bond acceptors (Lipinski definition) is 2. The second-order valence-corrected chi connectivity index (χ2v) is 4.99. The Morgan fingerprint density at radius 3 is 2.33 bits per heavy atom. The molecule has 0 N–H and O–H groups in total. The molecule has 1 aliphatic carbocycles. The molecule has 1 saturated carbocycles. The van der Waals surface area contributed by atoms with E-state index in [9.17, 15) is 4.79 Å². The molecule has 0 bridgehead atoms. The fourth-order valence-electron chi connectivity index (χ4n) is 2.92. The molecular weight excluding hydrogens is 226 g/mol. The summed E-state index contributed by atoms with van der Waals surface area (Å²) in [6.45, 7) is 0. The van der Waals surface area contributed by atoms with Gasteiger partial charge in [0.15, 0.2) is 0 Å². The summed E-state index contributed by atoms with van der Waals surface area (Å²) in [5.74, 6) is 0.0795. The fourth-order valence-corrected chi connectivity index (χ4v) is 2.92. The second-order valence-electron chi connectivity index (χ2n) is 4.99. The first-order valence-corrected chi connectivity index (χ1v) is 6.58. The zero-order valence-corrected chi connectivity index (χ0v) is 11.2. The fraction of sp³-hybridized carbons (Fsp3) is 0.533. The molecule has 3 nitrogen and oxygen atoms in total. The van der Waals surface area contributed by atoms with E-state index in [0.29, 0.717) is 0 Å². The third-order valence-electron chi connectivity index (χ3n) is 4.00. The van der Waals surface area contributed by atoms with E-state index in [1.807, 2.05) is 18.2 Å². The van der Waals surface area contributed by atoms with E-state index in [1.165, 1.54) is 11.5 Å². The molecule has 0 unspecified atom stereocenters. The zero-order chi connectivity index (χ0) is 13.0. The molecule has 1 aliphatic rings. The van der Waals surface area contributed by atoms with Gasteiger partial charge >= 0.3 is 0 Å². The third kappa shape index (κ3) is 2.27. The molecule has 0 atom stereocenters. The van der Waals surface area contributed by atoms with Crippen molar-refractivity contribution in [3.8, 4) is 0 Å². The quantitative estimate of drug-likeness (QED) is 0.769. The van der Waals surface area contributed by atoms with Crippen molar-refractivity contribution in [2.75, 3.05) is 14.2 Å². The van der Waals surface area contributed by atoms with Crippen LogP contribution in [0.25, 0.3) is 0 Å². The molecule has 0 saturated heterocycles. The normalized spacial score (nSPS) is 18.3. The lowest BCUT2D eigenvalue weighted by atomic mass is 9.68. The molecule has 0 aromatic heterocycles. The van der Waals surface area contributed by atoms with E-state index in [-0.39, 0.29) is 11.3 Å². The number of likely N-dealkylation sites (N-methyl/N-ethyl adjacent to an activating group) is 1. The Morgan fingerprint density at radius 1 is 1.17 bits per heavy atom. The summed E-state index contributed by atoms with van der Waals surface area (Å²) in [4.78, 5) is 17.7. The maximum Gasteiger partial charge on any atom is 0.256 e. The molecule has 18 heavy (non-hydrogen) atoms. The van der Waals surface area contributed by atoms with E-state index in [4.69, 9.17) is 4.84 Å². The topological polar surface area (TPSA) is 29.5 Å². The van der Waals surface area contributed by atoms with E-state index in [1.54, 1.807) is 14.2 Å². The highest BCUT2D eigenvalue weighted by molar-refractivity contribution is 5.87. The van der Waals surface area contributed by atoms with Crippen LogP contribution in [0.5, 0.6) is 0 Å². The van der Waals surface area contributed by atoms with Crippen LogP contribution >= 0.6 is 0 Å². The minimum Gasteiger partial charge on any atom is -0.275 e. The Balaban J connectivity index is 2.37. The SMILES string of the molecule is CON(C)C(=O)C1(c2ccccc2)CCCCC1. The first-order chi connectivity index (χ1) is 8.70. The van der Waals surface area contributed by atoms with Gasteiger partial charge < -0.3 is 0 Å². The number of carbonyl (C=O) groups excluding carboxylic acids is 1. The number of amides is 1. The van der Waals surface area contributed by atoms with Gasteiger partial charge in [0.1, 0.15) is 0 Å². The van der Waals surface area contributed by atoms with Crippen LogP contribution < -0.4 is 0 Å². The third-order valence-corrected chi connectivity index (χ3v) is 4.00. The van der Waals surface area contributed by atoms with Crippen LogP contribution in [0.2, 0.25) is 0 Å². The maximum atomic E-state index is 12.7. The van der Waals surface area contributed by atoms with Crippen molar-refractivity contribution < 1.29 is 9.63 Å². The largest absolute Gasteiger partial charge is 0.275 e. The molecule has 1 aromatic carbocycles. The predicted molar refractivity (Wildman–Crippen MR) is 71.0 cm³/mol. The molecule has 0 spiro atoms.